The number of anilines is 1. The van der Waals surface area contributed by atoms with Gasteiger partial charge in [0.15, 0.2) is 0 Å². The number of nitrogens with one attached hydrogen (secondary N) is 2. The smallest absolute Gasteiger partial charge is 0.253 e. The van der Waals surface area contributed by atoms with Crippen molar-refractivity contribution in [1.82, 2.24) is 10.3 Å². The van der Waals surface area contributed by atoms with Gasteiger partial charge in [-0.05, 0) is 18.6 Å². The van der Waals surface area contributed by atoms with Crippen LogP contribution in [0.3, 0.4) is 0 Å². The molecule has 0 radical (unpaired) electrons. The molecule has 1 aromatic heterocycles. The number of aryl methyl sites for hydroxylation is 2. The Balaban J connectivity index is 2.16. The highest BCUT2D eigenvalue weighted by atomic mass is 16.4. The number of aromatic nitrogens is 1. The number of nitrogens with zero attached hydrogens (tertiary/aromatic N) is 1. The third kappa shape index (κ3) is 2.99. The minimum Gasteiger partial charge on any atom is -0.444 e. The maximum Gasteiger partial charge on any atom is 0.253 e. The normalized spacial score (nSPS) is 10.3. The predicted octanol–water partition coefficient (Wildman–Crippen LogP) is 2.52. The lowest BCUT2D eigenvalue weighted by Crippen LogP contribution is -2.21. The van der Waals surface area contributed by atoms with E-state index in [9.17, 15) is 4.79 Å². The van der Waals surface area contributed by atoms with Crippen molar-refractivity contribution < 1.29 is 9.21 Å². The van der Waals surface area contributed by atoms with Gasteiger partial charge in [0, 0.05) is 19.2 Å². The highest BCUT2D eigenvalue weighted by molar-refractivity contribution is 6.00. The fraction of sp³-hybridized carbons (Fsp3) is 0.333. The molecular formula is C15H19N3O2. The van der Waals surface area contributed by atoms with Crippen LogP contribution in [0.4, 0.5) is 5.69 Å². The summed E-state index contributed by atoms with van der Waals surface area (Å²) in [6, 6.07) is 5.70. The first-order chi connectivity index (χ1) is 9.65. The fourth-order valence-electron chi connectivity index (χ4n) is 2.01. The number of carbonyl (C=O) groups is 1. The molecule has 1 heterocycles. The molecule has 5 nitrogen and oxygen atoms in total. The zero-order valence-electron chi connectivity index (χ0n) is 12.0. The lowest BCUT2D eigenvalue weighted by Gasteiger charge is -2.12. The van der Waals surface area contributed by atoms with E-state index in [-0.39, 0.29) is 5.91 Å². The molecule has 0 saturated carbocycles. The Bertz CT molecular complexity index is 605. The van der Waals surface area contributed by atoms with Gasteiger partial charge >= 0.3 is 0 Å². The van der Waals surface area contributed by atoms with E-state index in [0.717, 1.165) is 23.4 Å². The molecular weight excluding hydrogens is 254 g/mol. The van der Waals surface area contributed by atoms with Crippen molar-refractivity contribution >= 4 is 11.6 Å². The number of hydrogen-bond donors (Lipinski definition) is 2. The van der Waals surface area contributed by atoms with E-state index in [0.29, 0.717) is 18.0 Å². The summed E-state index contributed by atoms with van der Waals surface area (Å²) in [7, 11) is 1.63. The van der Waals surface area contributed by atoms with Gasteiger partial charge < -0.3 is 15.1 Å². The van der Waals surface area contributed by atoms with Gasteiger partial charge in [-0.1, -0.05) is 19.1 Å². The molecule has 2 rings (SSSR count). The second kappa shape index (κ2) is 6.23. The van der Waals surface area contributed by atoms with Crippen LogP contribution in [0.1, 0.15) is 34.5 Å². The second-order valence-electron chi connectivity index (χ2n) is 4.50. The molecule has 1 aromatic carbocycles. The Hall–Kier alpha value is -2.30. The van der Waals surface area contributed by atoms with Crippen LogP contribution in [0, 0.1) is 6.92 Å². The van der Waals surface area contributed by atoms with Crippen molar-refractivity contribution in [2.45, 2.75) is 26.8 Å². The van der Waals surface area contributed by atoms with Crippen molar-refractivity contribution in [3.63, 3.8) is 0 Å². The number of hydrogen-bond acceptors (Lipinski definition) is 4. The lowest BCUT2D eigenvalue weighted by atomic mass is 10.1. The van der Waals surface area contributed by atoms with Crippen LogP contribution in [0.25, 0.3) is 0 Å². The van der Waals surface area contributed by atoms with Crippen LogP contribution in [-0.2, 0) is 13.0 Å². The Kier molecular flexibility index (Phi) is 4.40. The largest absolute Gasteiger partial charge is 0.444 e. The summed E-state index contributed by atoms with van der Waals surface area (Å²) in [5.41, 5.74) is 2.36. The summed E-state index contributed by atoms with van der Waals surface area (Å²) in [6.07, 6.45) is 2.55. The molecule has 0 unspecified atom stereocenters. The van der Waals surface area contributed by atoms with Crippen LogP contribution in [0.2, 0.25) is 0 Å². The standard InChI is InChI=1S/C15H19N3O2/c1-4-11-8-18-13(20-11)9-17-12-7-5-6-10(2)14(12)15(19)16-3/h5-8,17H,4,9H2,1-3H3,(H,16,19). The molecule has 0 aliphatic carbocycles. The molecule has 0 atom stereocenters. The minimum absolute atomic E-state index is 0.104. The van der Waals surface area contributed by atoms with E-state index in [4.69, 9.17) is 4.42 Å². The van der Waals surface area contributed by atoms with Crippen molar-refractivity contribution in [2.75, 3.05) is 12.4 Å². The molecule has 0 fully saturated rings. The third-order valence-corrected chi connectivity index (χ3v) is 3.11. The first-order valence-electron chi connectivity index (χ1n) is 6.64. The highest BCUT2D eigenvalue weighted by Crippen LogP contribution is 2.20. The van der Waals surface area contributed by atoms with E-state index in [1.807, 2.05) is 32.0 Å². The highest BCUT2D eigenvalue weighted by Gasteiger charge is 2.13. The number of amides is 1. The SMILES string of the molecule is CCc1cnc(CNc2cccc(C)c2C(=O)NC)o1. The van der Waals surface area contributed by atoms with Gasteiger partial charge in [-0.3, -0.25) is 4.79 Å². The Morgan fingerprint density at radius 3 is 2.85 bits per heavy atom. The van der Waals surface area contributed by atoms with Crippen molar-refractivity contribution in [2.24, 2.45) is 0 Å². The Morgan fingerprint density at radius 2 is 2.20 bits per heavy atom. The van der Waals surface area contributed by atoms with Gasteiger partial charge in [0.05, 0.1) is 18.3 Å². The first-order valence-corrected chi connectivity index (χ1v) is 6.64. The molecule has 0 spiro atoms. The maximum absolute atomic E-state index is 11.9. The van der Waals surface area contributed by atoms with E-state index in [1.54, 1.807) is 13.2 Å². The average Bonchev–Trinajstić information content (AvgIpc) is 2.92. The fourth-order valence-corrected chi connectivity index (χ4v) is 2.01. The molecule has 106 valence electrons. The zero-order chi connectivity index (χ0) is 14.5. The molecule has 0 aliphatic rings. The van der Waals surface area contributed by atoms with Crippen LogP contribution < -0.4 is 10.6 Å². The molecule has 0 aliphatic heterocycles. The summed E-state index contributed by atoms with van der Waals surface area (Å²) in [5.74, 6) is 1.37. The van der Waals surface area contributed by atoms with Crippen LogP contribution in [-0.4, -0.2) is 17.9 Å². The molecule has 2 N–H and O–H groups in total. The monoisotopic (exact) mass is 273 g/mol. The van der Waals surface area contributed by atoms with Crippen molar-refractivity contribution in [3.8, 4) is 0 Å². The second-order valence-corrected chi connectivity index (χ2v) is 4.50. The third-order valence-electron chi connectivity index (χ3n) is 3.11. The summed E-state index contributed by atoms with van der Waals surface area (Å²) in [4.78, 5) is 16.1. The molecule has 0 bridgehead atoms. The number of carbonyl (C=O) groups excluding carboxylic acids is 1. The van der Waals surface area contributed by atoms with E-state index in [2.05, 4.69) is 15.6 Å². The van der Waals surface area contributed by atoms with Gasteiger partial charge in [-0.2, -0.15) is 0 Å². The topological polar surface area (TPSA) is 67.2 Å². The van der Waals surface area contributed by atoms with Crippen LogP contribution in [0.15, 0.2) is 28.8 Å². The summed E-state index contributed by atoms with van der Waals surface area (Å²) >= 11 is 0. The Labute approximate surface area is 118 Å². The Morgan fingerprint density at radius 1 is 1.40 bits per heavy atom. The van der Waals surface area contributed by atoms with Gasteiger partial charge in [0.2, 0.25) is 5.89 Å². The number of oxazole rings is 1. The summed E-state index contributed by atoms with van der Waals surface area (Å²) < 4.78 is 5.54. The zero-order valence-corrected chi connectivity index (χ0v) is 12.0. The van der Waals surface area contributed by atoms with E-state index in [1.165, 1.54) is 0 Å². The molecule has 0 saturated heterocycles. The van der Waals surface area contributed by atoms with Gasteiger partial charge in [0.1, 0.15) is 5.76 Å². The first kappa shape index (κ1) is 14.1. The molecule has 5 heteroatoms. The van der Waals surface area contributed by atoms with Crippen molar-refractivity contribution in [3.05, 3.63) is 47.2 Å². The van der Waals surface area contributed by atoms with Gasteiger partial charge in [-0.25, -0.2) is 4.98 Å². The van der Waals surface area contributed by atoms with Gasteiger partial charge in [0.25, 0.3) is 5.91 Å². The summed E-state index contributed by atoms with van der Waals surface area (Å²) in [6.45, 7) is 4.38. The van der Waals surface area contributed by atoms with Crippen LogP contribution >= 0.6 is 0 Å². The number of benzene rings is 1. The van der Waals surface area contributed by atoms with Gasteiger partial charge in [-0.15, -0.1) is 0 Å². The van der Waals surface area contributed by atoms with E-state index < -0.39 is 0 Å². The molecule has 20 heavy (non-hydrogen) atoms. The van der Waals surface area contributed by atoms with Crippen LogP contribution in [0.5, 0.6) is 0 Å². The van der Waals surface area contributed by atoms with Crippen molar-refractivity contribution in [1.29, 1.82) is 0 Å². The van der Waals surface area contributed by atoms with E-state index >= 15 is 0 Å². The summed E-state index contributed by atoms with van der Waals surface area (Å²) in [5, 5.41) is 5.86. The molecule has 1 amide bonds. The average molecular weight is 273 g/mol. The lowest BCUT2D eigenvalue weighted by molar-refractivity contribution is 0.0963. The number of rotatable bonds is 5. The quantitative estimate of drug-likeness (QED) is 0.878. The maximum atomic E-state index is 11.9. The predicted molar refractivity (Wildman–Crippen MR) is 77.8 cm³/mol. The molecule has 2 aromatic rings. The minimum atomic E-state index is -0.104.